The Bertz CT molecular complexity index is 482. The van der Waals surface area contributed by atoms with E-state index in [0.717, 1.165) is 43.2 Å². The average molecular weight is 293 g/mol. The fourth-order valence-corrected chi connectivity index (χ4v) is 2.95. The normalized spacial score (nSPS) is 17.0. The molecule has 1 unspecified atom stereocenters. The van der Waals surface area contributed by atoms with E-state index in [9.17, 15) is 0 Å². The second-order valence-electron chi connectivity index (χ2n) is 5.65. The Morgan fingerprint density at radius 2 is 2.20 bits per heavy atom. The van der Waals surface area contributed by atoms with E-state index >= 15 is 0 Å². The molecule has 0 saturated heterocycles. The summed E-state index contributed by atoms with van der Waals surface area (Å²) in [5, 5.41) is 4.36. The number of hydrogen-bond acceptors (Lipinski definition) is 2. The minimum atomic E-state index is 0.351. The first kappa shape index (κ1) is 15.4. The summed E-state index contributed by atoms with van der Waals surface area (Å²) in [7, 11) is 0. The lowest BCUT2D eigenvalue weighted by molar-refractivity contribution is 0.570. The van der Waals surface area contributed by atoms with Gasteiger partial charge < -0.3 is 10.2 Å². The molecule has 110 valence electrons. The lowest BCUT2D eigenvalue weighted by Crippen LogP contribution is -2.29. The number of benzene rings is 1. The van der Waals surface area contributed by atoms with Crippen molar-refractivity contribution in [2.45, 2.75) is 39.7 Å². The van der Waals surface area contributed by atoms with Crippen molar-refractivity contribution in [1.82, 2.24) is 5.32 Å². The zero-order chi connectivity index (χ0) is 14.5. The first-order chi connectivity index (χ1) is 9.61. The maximum absolute atomic E-state index is 6.50. The Kier molecular flexibility index (Phi) is 5.50. The molecule has 1 aromatic carbocycles. The summed E-state index contributed by atoms with van der Waals surface area (Å²) in [6, 6.07) is 6.82. The van der Waals surface area contributed by atoms with Gasteiger partial charge in [0.05, 0.1) is 10.7 Å². The highest BCUT2D eigenvalue weighted by Crippen LogP contribution is 2.30. The molecule has 1 N–H and O–H groups in total. The molecule has 0 fully saturated rings. The van der Waals surface area contributed by atoms with Crippen molar-refractivity contribution < 1.29 is 0 Å². The molecule has 2 rings (SSSR count). The molecule has 20 heavy (non-hydrogen) atoms. The van der Waals surface area contributed by atoms with Crippen LogP contribution in [0.1, 0.15) is 45.2 Å². The zero-order valence-electron chi connectivity index (χ0n) is 12.7. The summed E-state index contributed by atoms with van der Waals surface area (Å²) in [5.41, 5.74) is 3.84. The largest absolute Gasteiger partial charge is 0.366 e. The second kappa shape index (κ2) is 7.14. The van der Waals surface area contributed by atoms with Crippen molar-refractivity contribution >= 4 is 17.3 Å². The van der Waals surface area contributed by atoms with Crippen LogP contribution < -0.4 is 10.2 Å². The fourth-order valence-electron chi connectivity index (χ4n) is 2.64. The SMILES string of the molecule is CCCNC(C)c1ccc(N2CCC=C(C)C2)c(Cl)c1. The summed E-state index contributed by atoms with van der Waals surface area (Å²) in [6.45, 7) is 9.64. The highest BCUT2D eigenvalue weighted by atomic mass is 35.5. The molecule has 1 heterocycles. The maximum atomic E-state index is 6.50. The Morgan fingerprint density at radius 1 is 1.40 bits per heavy atom. The minimum absolute atomic E-state index is 0.351. The Balaban J connectivity index is 2.11. The van der Waals surface area contributed by atoms with Gasteiger partial charge in [-0.2, -0.15) is 0 Å². The summed E-state index contributed by atoms with van der Waals surface area (Å²) < 4.78 is 0. The third kappa shape index (κ3) is 3.77. The molecular weight excluding hydrogens is 268 g/mol. The van der Waals surface area contributed by atoms with Gasteiger partial charge in [0.25, 0.3) is 0 Å². The van der Waals surface area contributed by atoms with Crippen molar-refractivity contribution in [3.05, 3.63) is 40.4 Å². The van der Waals surface area contributed by atoms with Crippen LogP contribution >= 0.6 is 11.6 Å². The molecule has 0 saturated carbocycles. The van der Waals surface area contributed by atoms with Gasteiger partial charge in [-0.15, -0.1) is 0 Å². The molecule has 0 aliphatic carbocycles. The summed E-state index contributed by atoms with van der Waals surface area (Å²) in [4.78, 5) is 2.37. The van der Waals surface area contributed by atoms with E-state index in [-0.39, 0.29) is 0 Å². The van der Waals surface area contributed by atoms with Crippen molar-refractivity contribution in [3.63, 3.8) is 0 Å². The quantitative estimate of drug-likeness (QED) is 0.801. The Labute approximate surface area is 127 Å². The predicted molar refractivity (Wildman–Crippen MR) is 88.7 cm³/mol. The van der Waals surface area contributed by atoms with Crippen molar-refractivity contribution in [2.75, 3.05) is 24.5 Å². The first-order valence-corrected chi connectivity index (χ1v) is 7.93. The van der Waals surface area contributed by atoms with E-state index in [1.165, 1.54) is 11.1 Å². The van der Waals surface area contributed by atoms with Gasteiger partial charge in [-0.1, -0.05) is 36.2 Å². The summed E-state index contributed by atoms with van der Waals surface area (Å²) in [6.07, 6.45) is 4.57. The number of anilines is 1. The van der Waals surface area contributed by atoms with Crippen molar-refractivity contribution in [2.24, 2.45) is 0 Å². The maximum Gasteiger partial charge on any atom is 0.0643 e. The first-order valence-electron chi connectivity index (χ1n) is 7.55. The van der Waals surface area contributed by atoms with E-state index in [0.29, 0.717) is 6.04 Å². The summed E-state index contributed by atoms with van der Waals surface area (Å²) >= 11 is 6.50. The molecule has 0 spiro atoms. The van der Waals surface area contributed by atoms with Gasteiger partial charge in [0, 0.05) is 19.1 Å². The molecule has 0 aromatic heterocycles. The van der Waals surface area contributed by atoms with Gasteiger partial charge in [0.1, 0.15) is 0 Å². The third-order valence-corrected chi connectivity index (χ3v) is 4.15. The molecule has 2 nitrogen and oxygen atoms in total. The van der Waals surface area contributed by atoms with Crippen LogP contribution in [0.25, 0.3) is 0 Å². The Hall–Kier alpha value is -0.990. The summed E-state index contributed by atoms with van der Waals surface area (Å²) in [5.74, 6) is 0. The van der Waals surface area contributed by atoms with E-state index in [1.54, 1.807) is 0 Å². The van der Waals surface area contributed by atoms with Crippen molar-refractivity contribution in [3.8, 4) is 0 Å². The molecule has 1 aliphatic rings. The number of halogens is 1. The van der Waals surface area contributed by atoms with Crippen LogP contribution in [0.15, 0.2) is 29.8 Å². The molecule has 3 heteroatoms. The number of hydrogen-bond donors (Lipinski definition) is 1. The highest BCUT2D eigenvalue weighted by Gasteiger charge is 2.15. The molecule has 0 amide bonds. The predicted octanol–water partition coefficient (Wildman–Crippen LogP) is 4.56. The van der Waals surface area contributed by atoms with Crippen LogP contribution in [-0.4, -0.2) is 19.6 Å². The smallest absolute Gasteiger partial charge is 0.0643 e. The van der Waals surface area contributed by atoms with E-state index in [1.807, 2.05) is 0 Å². The monoisotopic (exact) mass is 292 g/mol. The van der Waals surface area contributed by atoms with Crippen LogP contribution in [0.5, 0.6) is 0 Å². The topological polar surface area (TPSA) is 15.3 Å². The molecule has 0 bridgehead atoms. The van der Waals surface area contributed by atoms with Crippen LogP contribution in [0.3, 0.4) is 0 Å². The highest BCUT2D eigenvalue weighted by molar-refractivity contribution is 6.33. The molecule has 1 atom stereocenters. The van der Waals surface area contributed by atoms with Gasteiger partial charge in [0.2, 0.25) is 0 Å². The van der Waals surface area contributed by atoms with Gasteiger partial charge in [-0.3, -0.25) is 0 Å². The Morgan fingerprint density at radius 3 is 2.85 bits per heavy atom. The van der Waals surface area contributed by atoms with Gasteiger partial charge in [0.15, 0.2) is 0 Å². The van der Waals surface area contributed by atoms with E-state index in [4.69, 9.17) is 11.6 Å². The van der Waals surface area contributed by atoms with E-state index < -0.39 is 0 Å². The van der Waals surface area contributed by atoms with Crippen LogP contribution in [-0.2, 0) is 0 Å². The van der Waals surface area contributed by atoms with Crippen LogP contribution in [0.2, 0.25) is 5.02 Å². The third-order valence-electron chi connectivity index (χ3n) is 3.85. The molecule has 1 aliphatic heterocycles. The lowest BCUT2D eigenvalue weighted by atomic mass is 10.1. The van der Waals surface area contributed by atoms with E-state index in [2.05, 4.69) is 55.3 Å². The van der Waals surface area contributed by atoms with Gasteiger partial charge in [-0.05, 0) is 50.9 Å². The second-order valence-corrected chi connectivity index (χ2v) is 6.05. The molecular formula is C17H25ClN2. The number of nitrogens with zero attached hydrogens (tertiary/aromatic N) is 1. The molecule has 0 radical (unpaired) electrons. The lowest BCUT2D eigenvalue weighted by Gasteiger charge is -2.29. The average Bonchev–Trinajstić information content (AvgIpc) is 2.44. The van der Waals surface area contributed by atoms with Gasteiger partial charge in [-0.25, -0.2) is 0 Å². The standard InChI is InChI=1S/C17H25ClN2/c1-4-9-19-14(3)15-7-8-17(16(18)11-15)20-10-5-6-13(2)12-20/h6-8,11,14,19H,4-5,9-10,12H2,1-3H3. The molecule has 1 aromatic rings. The van der Waals surface area contributed by atoms with Crippen molar-refractivity contribution in [1.29, 1.82) is 0 Å². The number of rotatable bonds is 5. The van der Waals surface area contributed by atoms with Crippen LogP contribution in [0.4, 0.5) is 5.69 Å². The number of nitrogens with one attached hydrogen (secondary N) is 1. The van der Waals surface area contributed by atoms with Crippen LogP contribution in [0, 0.1) is 0 Å². The van der Waals surface area contributed by atoms with Gasteiger partial charge >= 0.3 is 0 Å². The minimum Gasteiger partial charge on any atom is -0.366 e. The fraction of sp³-hybridized carbons (Fsp3) is 0.529. The zero-order valence-corrected chi connectivity index (χ0v) is 13.5.